The summed E-state index contributed by atoms with van der Waals surface area (Å²) < 4.78 is 1.05. The number of halogens is 3. The molecule has 1 nitrogen and oxygen atoms in total. The maximum absolute atomic E-state index is 6.44. The summed E-state index contributed by atoms with van der Waals surface area (Å²) in [6.45, 7) is 0. The van der Waals surface area contributed by atoms with Crippen molar-refractivity contribution in [2.24, 2.45) is 5.73 Å². The highest BCUT2D eigenvalue weighted by molar-refractivity contribution is 9.10. The molecule has 0 radical (unpaired) electrons. The third-order valence-corrected chi connectivity index (χ3v) is 5.08. The second-order valence-electron chi connectivity index (χ2n) is 4.80. The van der Waals surface area contributed by atoms with Crippen molar-refractivity contribution < 1.29 is 0 Å². The smallest absolute Gasteiger partial charge is 0.0643 e. The predicted molar refractivity (Wildman–Crippen MR) is 94.1 cm³/mol. The zero-order chi connectivity index (χ0) is 15.0. The first-order valence-electron chi connectivity index (χ1n) is 6.46. The summed E-state index contributed by atoms with van der Waals surface area (Å²) in [7, 11) is 0. The molecule has 106 valence electrons. The van der Waals surface area contributed by atoms with E-state index >= 15 is 0 Å². The Bertz CT molecular complexity index is 817. The van der Waals surface area contributed by atoms with Gasteiger partial charge in [0.05, 0.1) is 16.1 Å². The van der Waals surface area contributed by atoms with Gasteiger partial charge in [-0.2, -0.15) is 0 Å². The number of rotatable bonds is 2. The van der Waals surface area contributed by atoms with Gasteiger partial charge in [0.1, 0.15) is 0 Å². The molecule has 1 unspecified atom stereocenters. The molecular formula is C17H12BrCl2N. The molecule has 4 heteroatoms. The van der Waals surface area contributed by atoms with Crippen LogP contribution in [0.3, 0.4) is 0 Å². The van der Waals surface area contributed by atoms with Crippen LogP contribution >= 0.6 is 39.1 Å². The van der Waals surface area contributed by atoms with Crippen LogP contribution in [0.4, 0.5) is 0 Å². The second-order valence-corrected chi connectivity index (χ2v) is 6.44. The van der Waals surface area contributed by atoms with Gasteiger partial charge < -0.3 is 5.73 Å². The number of fused-ring (bicyclic) bond motifs is 1. The van der Waals surface area contributed by atoms with Crippen molar-refractivity contribution in [3.63, 3.8) is 0 Å². The molecule has 0 saturated heterocycles. The van der Waals surface area contributed by atoms with Gasteiger partial charge in [-0.3, -0.25) is 0 Å². The molecule has 3 aromatic rings. The zero-order valence-electron chi connectivity index (χ0n) is 11.0. The summed E-state index contributed by atoms with van der Waals surface area (Å²) in [5, 5.41) is 3.27. The molecule has 0 aromatic heterocycles. The average molecular weight is 381 g/mol. The number of benzene rings is 3. The summed E-state index contributed by atoms with van der Waals surface area (Å²) in [4.78, 5) is 0. The standard InChI is InChI=1S/C17H12BrCl2N/c18-14-9-8-12(10-4-1-2-5-11(10)14)17(21)13-6-3-7-15(19)16(13)20/h1-9,17H,21H2. The van der Waals surface area contributed by atoms with Crippen molar-refractivity contribution in [1.82, 2.24) is 0 Å². The molecule has 0 bridgehead atoms. The Morgan fingerprint density at radius 3 is 2.29 bits per heavy atom. The minimum absolute atomic E-state index is 0.325. The van der Waals surface area contributed by atoms with E-state index in [-0.39, 0.29) is 6.04 Å². The summed E-state index contributed by atoms with van der Waals surface area (Å²) in [6, 6.07) is 17.4. The minimum Gasteiger partial charge on any atom is -0.320 e. The van der Waals surface area contributed by atoms with E-state index in [4.69, 9.17) is 28.9 Å². The van der Waals surface area contributed by atoms with Crippen LogP contribution in [-0.2, 0) is 0 Å². The van der Waals surface area contributed by atoms with Gasteiger partial charge in [-0.25, -0.2) is 0 Å². The molecule has 21 heavy (non-hydrogen) atoms. The number of hydrogen-bond donors (Lipinski definition) is 1. The lowest BCUT2D eigenvalue weighted by molar-refractivity contribution is 0.881. The molecule has 3 aromatic carbocycles. The van der Waals surface area contributed by atoms with Gasteiger partial charge >= 0.3 is 0 Å². The van der Waals surface area contributed by atoms with Crippen molar-refractivity contribution >= 4 is 49.9 Å². The fraction of sp³-hybridized carbons (Fsp3) is 0.0588. The highest BCUT2D eigenvalue weighted by Crippen LogP contribution is 2.36. The normalized spacial score (nSPS) is 12.6. The van der Waals surface area contributed by atoms with Gasteiger partial charge in [0.25, 0.3) is 0 Å². The van der Waals surface area contributed by atoms with E-state index in [9.17, 15) is 0 Å². The molecular weight excluding hydrogens is 369 g/mol. The van der Waals surface area contributed by atoms with Gasteiger partial charge in [-0.1, -0.05) is 81.6 Å². The molecule has 2 N–H and O–H groups in total. The van der Waals surface area contributed by atoms with Crippen LogP contribution in [-0.4, -0.2) is 0 Å². The van der Waals surface area contributed by atoms with Crippen molar-refractivity contribution in [1.29, 1.82) is 0 Å². The molecule has 0 aliphatic carbocycles. The SMILES string of the molecule is NC(c1cccc(Cl)c1Cl)c1ccc(Br)c2ccccc12. The summed E-state index contributed by atoms with van der Waals surface area (Å²) in [5.41, 5.74) is 8.30. The van der Waals surface area contributed by atoms with E-state index in [0.717, 1.165) is 26.4 Å². The van der Waals surface area contributed by atoms with Crippen molar-refractivity contribution in [2.75, 3.05) is 0 Å². The van der Waals surface area contributed by atoms with Crippen LogP contribution in [0.1, 0.15) is 17.2 Å². The Labute approximate surface area is 141 Å². The highest BCUT2D eigenvalue weighted by Gasteiger charge is 2.17. The topological polar surface area (TPSA) is 26.0 Å². The van der Waals surface area contributed by atoms with Crippen molar-refractivity contribution in [3.05, 3.63) is 80.2 Å². The monoisotopic (exact) mass is 379 g/mol. The lowest BCUT2D eigenvalue weighted by Gasteiger charge is -2.17. The van der Waals surface area contributed by atoms with E-state index in [1.54, 1.807) is 6.07 Å². The molecule has 0 saturated carbocycles. The van der Waals surface area contributed by atoms with Gasteiger partial charge in [0.2, 0.25) is 0 Å². The van der Waals surface area contributed by atoms with E-state index < -0.39 is 0 Å². The van der Waals surface area contributed by atoms with Crippen LogP contribution in [0, 0.1) is 0 Å². The van der Waals surface area contributed by atoms with Gasteiger partial charge in [-0.15, -0.1) is 0 Å². The van der Waals surface area contributed by atoms with Crippen molar-refractivity contribution in [2.45, 2.75) is 6.04 Å². The average Bonchev–Trinajstić information content (AvgIpc) is 2.50. The molecule has 0 aliphatic heterocycles. The molecule has 0 spiro atoms. The quantitative estimate of drug-likeness (QED) is 0.583. The van der Waals surface area contributed by atoms with Crippen LogP contribution < -0.4 is 5.73 Å². The van der Waals surface area contributed by atoms with Gasteiger partial charge in [0, 0.05) is 4.47 Å². The van der Waals surface area contributed by atoms with E-state index in [0.29, 0.717) is 10.0 Å². The fourth-order valence-corrected chi connectivity index (χ4v) is 3.39. The molecule has 0 heterocycles. The second kappa shape index (κ2) is 5.98. The first kappa shape index (κ1) is 14.9. The molecule has 3 rings (SSSR count). The fourth-order valence-electron chi connectivity index (χ4n) is 2.49. The van der Waals surface area contributed by atoms with Gasteiger partial charge in [-0.05, 0) is 34.0 Å². The Hall–Kier alpha value is -1.06. The highest BCUT2D eigenvalue weighted by atomic mass is 79.9. The maximum atomic E-state index is 6.44. The Morgan fingerprint density at radius 2 is 1.52 bits per heavy atom. The number of hydrogen-bond acceptors (Lipinski definition) is 1. The van der Waals surface area contributed by atoms with E-state index in [1.807, 2.05) is 36.4 Å². The maximum Gasteiger partial charge on any atom is 0.0643 e. The van der Waals surface area contributed by atoms with Crippen LogP contribution in [0.5, 0.6) is 0 Å². The lowest BCUT2D eigenvalue weighted by Crippen LogP contribution is -2.13. The molecule has 0 fully saturated rings. The van der Waals surface area contributed by atoms with Crippen LogP contribution in [0.2, 0.25) is 10.0 Å². The third-order valence-electron chi connectivity index (χ3n) is 3.56. The molecule has 1 atom stereocenters. The first-order chi connectivity index (χ1) is 10.1. The lowest BCUT2D eigenvalue weighted by atomic mass is 9.94. The van der Waals surface area contributed by atoms with E-state index in [2.05, 4.69) is 28.1 Å². The number of nitrogens with two attached hydrogens (primary N) is 1. The summed E-state index contributed by atoms with van der Waals surface area (Å²) >= 11 is 16.0. The minimum atomic E-state index is -0.325. The first-order valence-corrected chi connectivity index (χ1v) is 8.01. The zero-order valence-corrected chi connectivity index (χ0v) is 14.1. The van der Waals surface area contributed by atoms with Crippen LogP contribution in [0.25, 0.3) is 10.8 Å². The van der Waals surface area contributed by atoms with Crippen LogP contribution in [0.15, 0.2) is 59.1 Å². The Morgan fingerprint density at radius 1 is 0.810 bits per heavy atom. The Kier molecular flexibility index (Phi) is 4.23. The van der Waals surface area contributed by atoms with Crippen molar-refractivity contribution in [3.8, 4) is 0 Å². The third kappa shape index (κ3) is 2.69. The molecule has 0 amide bonds. The summed E-state index contributed by atoms with van der Waals surface area (Å²) in [6.07, 6.45) is 0. The molecule has 0 aliphatic rings. The predicted octanol–water partition coefficient (Wildman–Crippen LogP) is 5.96. The Balaban J connectivity index is 2.21. The van der Waals surface area contributed by atoms with Gasteiger partial charge in [0.15, 0.2) is 0 Å². The summed E-state index contributed by atoms with van der Waals surface area (Å²) in [5.74, 6) is 0. The largest absolute Gasteiger partial charge is 0.320 e. The van der Waals surface area contributed by atoms with E-state index in [1.165, 1.54) is 0 Å².